The second kappa shape index (κ2) is 3.96. The van der Waals surface area contributed by atoms with E-state index < -0.39 is 0 Å². The van der Waals surface area contributed by atoms with E-state index in [1.54, 1.807) is 19.4 Å². The van der Waals surface area contributed by atoms with Gasteiger partial charge in [0.1, 0.15) is 0 Å². The molecule has 1 aromatic rings. The summed E-state index contributed by atoms with van der Waals surface area (Å²) in [6.45, 7) is 0. The number of hydrogen-bond acceptors (Lipinski definition) is 2. The van der Waals surface area contributed by atoms with Crippen molar-refractivity contribution in [2.45, 2.75) is 18.3 Å². The molecule has 0 unspecified atom stereocenters. The van der Waals surface area contributed by atoms with Crippen LogP contribution in [-0.2, 0) is 10.2 Å². The lowest BCUT2D eigenvalue weighted by molar-refractivity contribution is -0.123. The Bertz CT molecular complexity index is 322. The molecule has 3 nitrogen and oxygen atoms in total. The third-order valence-electron chi connectivity index (χ3n) is 2.63. The molecule has 2 rings (SSSR count). The summed E-state index contributed by atoms with van der Waals surface area (Å²) in [6.07, 6.45) is 5.39. The SMILES string of the molecule is CNC(=O)C1(c2cccnc2)CC1.Cl. The number of likely N-dealkylation sites (N-methyl/N-ethyl adjacent to an activating group) is 1. The minimum absolute atomic E-state index is 0. The van der Waals surface area contributed by atoms with Gasteiger partial charge in [-0.3, -0.25) is 9.78 Å². The van der Waals surface area contributed by atoms with Crippen molar-refractivity contribution in [3.63, 3.8) is 0 Å². The number of nitrogens with one attached hydrogen (secondary N) is 1. The van der Waals surface area contributed by atoms with Crippen molar-refractivity contribution < 1.29 is 4.79 Å². The molecular weight excluding hydrogens is 200 g/mol. The van der Waals surface area contributed by atoms with Crippen molar-refractivity contribution in [3.8, 4) is 0 Å². The minimum atomic E-state index is -0.261. The Morgan fingerprint density at radius 2 is 2.29 bits per heavy atom. The highest BCUT2D eigenvalue weighted by Gasteiger charge is 2.50. The van der Waals surface area contributed by atoms with Crippen LogP contribution in [0.4, 0.5) is 0 Å². The van der Waals surface area contributed by atoms with E-state index in [0.29, 0.717) is 0 Å². The number of carbonyl (C=O) groups excluding carboxylic acids is 1. The fourth-order valence-electron chi connectivity index (χ4n) is 1.66. The zero-order chi connectivity index (χ0) is 9.31. The van der Waals surface area contributed by atoms with Gasteiger partial charge in [-0.05, 0) is 24.5 Å². The molecule has 0 spiro atoms. The molecule has 1 fully saturated rings. The number of halogens is 1. The third-order valence-corrected chi connectivity index (χ3v) is 2.63. The average molecular weight is 213 g/mol. The van der Waals surface area contributed by atoms with Crippen molar-refractivity contribution in [1.29, 1.82) is 0 Å². The van der Waals surface area contributed by atoms with Crippen LogP contribution in [0.15, 0.2) is 24.5 Å². The number of aromatic nitrogens is 1. The fraction of sp³-hybridized carbons (Fsp3) is 0.400. The molecule has 1 aliphatic carbocycles. The van der Waals surface area contributed by atoms with Crippen LogP contribution in [0.2, 0.25) is 0 Å². The first kappa shape index (κ1) is 11.0. The van der Waals surface area contributed by atoms with Crippen LogP contribution >= 0.6 is 12.4 Å². The van der Waals surface area contributed by atoms with Gasteiger partial charge in [-0.25, -0.2) is 0 Å². The Morgan fingerprint density at radius 3 is 2.71 bits per heavy atom. The van der Waals surface area contributed by atoms with E-state index in [2.05, 4.69) is 10.3 Å². The second-order valence-corrected chi connectivity index (χ2v) is 3.40. The Morgan fingerprint density at radius 1 is 1.57 bits per heavy atom. The maximum Gasteiger partial charge on any atom is 0.230 e. The first-order chi connectivity index (χ1) is 6.29. The Balaban J connectivity index is 0.000000980. The lowest BCUT2D eigenvalue weighted by atomic mass is 9.97. The molecule has 0 aromatic carbocycles. The second-order valence-electron chi connectivity index (χ2n) is 3.40. The first-order valence-corrected chi connectivity index (χ1v) is 4.42. The molecule has 1 aliphatic rings. The number of hydrogen-bond donors (Lipinski definition) is 1. The summed E-state index contributed by atoms with van der Waals surface area (Å²) in [5, 5.41) is 2.70. The van der Waals surface area contributed by atoms with Crippen molar-refractivity contribution in [3.05, 3.63) is 30.1 Å². The van der Waals surface area contributed by atoms with Gasteiger partial charge in [0.15, 0.2) is 0 Å². The quantitative estimate of drug-likeness (QED) is 0.803. The zero-order valence-electron chi connectivity index (χ0n) is 7.99. The van der Waals surface area contributed by atoms with Crippen LogP contribution in [0, 0.1) is 0 Å². The van der Waals surface area contributed by atoms with Gasteiger partial charge in [-0.15, -0.1) is 12.4 Å². The number of pyridine rings is 1. The van der Waals surface area contributed by atoms with Crippen molar-refractivity contribution in [1.82, 2.24) is 10.3 Å². The van der Waals surface area contributed by atoms with Gasteiger partial charge < -0.3 is 5.32 Å². The maximum atomic E-state index is 11.6. The Labute approximate surface area is 89.3 Å². The van der Waals surface area contributed by atoms with Gasteiger partial charge in [0.25, 0.3) is 0 Å². The van der Waals surface area contributed by atoms with E-state index in [1.807, 2.05) is 12.1 Å². The molecule has 1 heterocycles. The van der Waals surface area contributed by atoms with Gasteiger partial charge in [-0.2, -0.15) is 0 Å². The summed E-state index contributed by atoms with van der Waals surface area (Å²) < 4.78 is 0. The molecule has 0 radical (unpaired) electrons. The summed E-state index contributed by atoms with van der Waals surface area (Å²) in [7, 11) is 1.68. The van der Waals surface area contributed by atoms with Crippen molar-refractivity contribution in [2.75, 3.05) is 7.05 Å². The number of carbonyl (C=O) groups is 1. The highest BCUT2D eigenvalue weighted by molar-refractivity contribution is 5.90. The molecule has 76 valence electrons. The van der Waals surface area contributed by atoms with E-state index in [4.69, 9.17) is 0 Å². The van der Waals surface area contributed by atoms with Gasteiger partial charge in [-0.1, -0.05) is 6.07 Å². The molecule has 1 aromatic heterocycles. The summed E-state index contributed by atoms with van der Waals surface area (Å²) in [4.78, 5) is 15.6. The van der Waals surface area contributed by atoms with Gasteiger partial charge in [0.05, 0.1) is 5.41 Å². The van der Waals surface area contributed by atoms with E-state index >= 15 is 0 Å². The third kappa shape index (κ3) is 1.60. The van der Waals surface area contributed by atoms with Gasteiger partial charge in [0, 0.05) is 19.4 Å². The Kier molecular flexibility index (Phi) is 3.11. The van der Waals surface area contributed by atoms with Crippen LogP contribution < -0.4 is 5.32 Å². The lowest BCUT2D eigenvalue weighted by Crippen LogP contribution is -2.31. The molecule has 1 N–H and O–H groups in total. The molecule has 1 saturated carbocycles. The molecule has 0 atom stereocenters. The highest BCUT2D eigenvalue weighted by atomic mass is 35.5. The average Bonchev–Trinajstić information content (AvgIpc) is 2.99. The Hall–Kier alpha value is -1.09. The van der Waals surface area contributed by atoms with Gasteiger partial charge in [0.2, 0.25) is 5.91 Å². The molecule has 0 bridgehead atoms. The molecule has 1 amide bonds. The molecule has 4 heteroatoms. The number of rotatable bonds is 2. The summed E-state index contributed by atoms with van der Waals surface area (Å²) in [6, 6.07) is 3.84. The zero-order valence-corrected chi connectivity index (χ0v) is 8.80. The monoisotopic (exact) mass is 212 g/mol. The molecule has 0 aliphatic heterocycles. The van der Waals surface area contributed by atoms with E-state index in [9.17, 15) is 4.79 Å². The normalized spacial score (nSPS) is 16.6. The summed E-state index contributed by atoms with van der Waals surface area (Å²) in [5.41, 5.74) is 0.776. The van der Waals surface area contributed by atoms with Crippen molar-refractivity contribution >= 4 is 18.3 Å². The first-order valence-electron chi connectivity index (χ1n) is 4.42. The minimum Gasteiger partial charge on any atom is -0.358 e. The molecular formula is C10H13ClN2O. The molecule has 14 heavy (non-hydrogen) atoms. The van der Waals surface area contributed by atoms with Crippen LogP contribution in [0.5, 0.6) is 0 Å². The lowest BCUT2D eigenvalue weighted by Gasteiger charge is -2.12. The van der Waals surface area contributed by atoms with Crippen LogP contribution in [0.1, 0.15) is 18.4 Å². The smallest absolute Gasteiger partial charge is 0.230 e. The van der Waals surface area contributed by atoms with E-state index in [-0.39, 0.29) is 23.7 Å². The predicted octanol–water partition coefficient (Wildman–Crippen LogP) is 1.28. The largest absolute Gasteiger partial charge is 0.358 e. The standard InChI is InChI=1S/C10H12N2O.ClH/c1-11-9(13)10(4-5-10)8-3-2-6-12-7-8;/h2-3,6-7H,4-5H2,1H3,(H,11,13);1H. The van der Waals surface area contributed by atoms with Gasteiger partial charge >= 0.3 is 0 Å². The van der Waals surface area contributed by atoms with Crippen LogP contribution in [0.3, 0.4) is 0 Å². The number of nitrogens with zero attached hydrogens (tertiary/aromatic N) is 1. The van der Waals surface area contributed by atoms with E-state index in [1.165, 1.54) is 0 Å². The van der Waals surface area contributed by atoms with E-state index in [0.717, 1.165) is 18.4 Å². The van der Waals surface area contributed by atoms with Crippen LogP contribution in [-0.4, -0.2) is 17.9 Å². The summed E-state index contributed by atoms with van der Waals surface area (Å²) in [5.74, 6) is 0.112. The topological polar surface area (TPSA) is 42.0 Å². The summed E-state index contributed by atoms with van der Waals surface area (Å²) >= 11 is 0. The highest BCUT2D eigenvalue weighted by Crippen LogP contribution is 2.47. The van der Waals surface area contributed by atoms with Crippen molar-refractivity contribution in [2.24, 2.45) is 0 Å². The van der Waals surface area contributed by atoms with Crippen LogP contribution in [0.25, 0.3) is 0 Å². The fourth-order valence-corrected chi connectivity index (χ4v) is 1.66. The number of amides is 1. The maximum absolute atomic E-state index is 11.6. The predicted molar refractivity (Wildman–Crippen MR) is 56.5 cm³/mol. The molecule has 0 saturated heterocycles.